The number of nitrogens with one attached hydrogen (secondary N) is 2. The molecular weight excluding hydrogens is 262 g/mol. The minimum absolute atomic E-state index is 0.139. The third-order valence-corrected chi connectivity index (χ3v) is 3.64. The number of aromatic nitrogens is 1. The number of H-pyrrole nitrogens is 1. The Labute approximate surface area is 123 Å². The highest BCUT2D eigenvalue weighted by Crippen LogP contribution is 2.23. The first-order valence-corrected chi connectivity index (χ1v) is 7.01. The van der Waals surface area contributed by atoms with Crippen molar-refractivity contribution in [3.8, 4) is 0 Å². The normalized spacial score (nSPS) is 17.7. The molecule has 4 nitrogen and oxygen atoms in total. The van der Waals surface area contributed by atoms with Gasteiger partial charge in [0.15, 0.2) is 0 Å². The van der Waals surface area contributed by atoms with E-state index in [0.717, 1.165) is 17.8 Å². The molecule has 0 bridgehead atoms. The van der Waals surface area contributed by atoms with Crippen LogP contribution in [0.15, 0.2) is 59.3 Å². The number of hydrogen-bond donors (Lipinski definition) is 2. The Morgan fingerprint density at radius 2 is 2.00 bits per heavy atom. The number of amides is 1. The van der Waals surface area contributed by atoms with Crippen molar-refractivity contribution in [1.29, 1.82) is 0 Å². The van der Waals surface area contributed by atoms with E-state index in [-0.39, 0.29) is 5.91 Å². The minimum atomic E-state index is -0.139. The molecule has 0 aliphatic carbocycles. The van der Waals surface area contributed by atoms with Crippen molar-refractivity contribution in [1.82, 2.24) is 10.4 Å². The van der Waals surface area contributed by atoms with Gasteiger partial charge >= 0.3 is 0 Å². The SMILES string of the molecule is CC(CC1=NNC(=O)/C1=C/c1ccc[nH]1)c1ccccc1. The molecule has 1 aromatic carbocycles. The summed E-state index contributed by atoms with van der Waals surface area (Å²) in [5, 5.41) is 4.18. The molecule has 3 rings (SSSR count). The van der Waals surface area contributed by atoms with E-state index in [1.807, 2.05) is 42.6 Å². The average Bonchev–Trinajstić information content (AvgIpc) is 3.13. The molecule has 1 atom stereocenters. The summed E-state index contributed by atoms with van der Waals surface area (Å²) in [5.74, 6) is 0.171. The molecule has 1 aliphatic rings. The standard InChI is InChI=1S/C17H17N3O/c1-12(13-6-3-2-4-7-13)10-16-15(17(21)20-19-16)11-14-8-5-9-18-14/h2-9,11-12,18H,10H2,1H3,(H,20,21)/b15-11+. The summed E-state index contributed by atoms with van der Waals surface area (Å²) in [6.07, 6.45) is 4.41. The predicted molar refractivity (Wildman–Crippen MR) is 83.8 cm³/mol. The fourth-order valence-corrected chi connectivity index (χ4v) is 2.45. The van der Waals surface area contributed by atoms with Crippen LogP contribution in [0.2, 0.25) is 0 Å². The highest BCUT2D eigenvalue weighted by Gasteiger charge is 2.24. The number of carbonyl (C=O) groups is 1. The summed E-state index contributed by atoms with van der Waals surface area (Å²) >= 11 is 0. The van der Waals surface area contributed by atoms with Crippen molar-refractivity contribution in [3.05, 3.63) is 65.5 Å². The van der Waals surface area contributed by atoms with Gasteiger partial charge in [0.2, 0.25) is 0 Å². The highest BCUT2D eigenvalue weighted by atomic mass is 16.2. The van der Waals surface area contributed by atoms with Gasteiger partial charge in [0, 0.05) is 11.9 Å². The zero-order valence-electron chi connectivity index (χ0n) is 11.8. The Kier molecular flexibility index (Phi) is 3.69. The molecule has 2 heterocycles. The van der Waals surface area contributed by atoms with Crippen molar-refractivity contribution in [3.63, 3.8) is 0 Å². The number of benzene rings is 1. The van der Waals surface area contributed by atoms with Crippen LogP contribution in [-0.4, -0.2) is 16.6 Å². The highest BCUT2D eigenvalue weighted by molar-refractivity contribution is 6.27. The van der Waals surface area contributed by atoms with Crippen LogP contribution in [0.4, 0.5) is 0 Å². The van der Waals surface area contributed by atoms with Crippen LogP contribution in [0.3, 0.4) is 0 Å². The van der Waals surface area contributed by atoms with Gasteiger partial charge in [-0.1, -0.05) is 37.3 Å². The fourth-order valence-electron chi connectivity index (χ4n) is 2.45. The van der Waals surface area contributed by atoms with E-state index < -0.39 is 0 Å². The number of hydrogen-bond acceptors (Lipinski definition) is 2. The fraction of sp³-hybridized carbons (Fsp3) is 0.176. The number of rotatable bonds is 4. The van der Waals surface area contributed by atoms with Crippen LogP contribution in [-0.2, 0) is 4.79 Å². The van der Waals surface area contributed by atoms with E-state index in [0.29, 0.717) is 11.5 Å². The monoisotopic (exact) mass is 279 g/mol. The minimum Gasteiger partial charge on any atom is -0.362 e. The molecule has 0 saturated heterocycles. The second-order valence-electron chi connectivity index (χ2n) is 5.20. The second kappa shape index (κ2) is 5.79. The number of carbonyl (C=O) groups excluding carboxylic acids is 1. The van der Waals surface area contributed by atoms with Gasteiger partial charge in [0.05, 0.1) is 11.3 Å². The van der Waals surface area contributed by atoms with Gasteiger partial charge in [-0.15, -0.1) is 0 Å². The van der Waals surface area contributed by atoms with E-state index in [9.17, 15) is 4.79 Å². The summed E-state index contributed by atoms with van der Waals surface area (Å²) < 4.78 is 0. The van der Waals surface area contributed by atoms with Crippen molar-refractivity contribution in [2.75, 3.05) is 0 Å². The van der Waals surface area contributed by atoms with E-state index >= 15 is 0 Å². The first kappa shape index (κ1) is 13.4. The molecule has 106 valence electrons. The van der Waals surface area contributed by atoms with E-state index in [1.165, 1.54) is 5.56 Å². The number of nitrogens with zero attached hydrogens (tertiary/aromatic N) is 1. The zero-order chi connectivity index (χ0) is 14.7. The maximum atomic E-state index is 11.9. The van der Waals surface area contributed by atoms with Crippen molar-refractivity contribution >= 4 is 17.7 Å². The van der Waals surface area contributed by atoms with Gasteiger partial charge in [-0.3, -0.25) is 4.79 Å². The second-order valence-corrected chi connectivity index (χ2v) is 5.20. The molecule has 1 amide bonds. The molecule has 1 aliphatic heterocycles. The molecule has 0 radical (unpaired) electrons. The lowest BCUT2D eigenvalue weighted by atomic mass is 9.92. The quantitative estimate of drug-likeness (QED) is 0.830. The third-order valence-electron chi connectivity index (χ3n) is 3.64. The molecule has 0 saturated carbocycles. The Morgan fingerprint density at radius 1 is 1.19 bits per heavy atom. The van der Waals surface area contributed by atoms with Gasteiger partial charge in [0.25, 0.3) is 5.91 Å². The molecule has 4 heteroatoms. The smallest absolute Gasteiger partial charge is 0.273 e. The van der Waals surface area contributed by atoms with Crippen LogP contribution >= 0.6 is 0 Å². The maximum absolute atomic E-state index is 11.9. The van der Waals surface area contributed by atoms with Gasteiger partial charge in [-0.05, 0) is 36.1 Å². The molecule has 2 aromatic rings. The Balaban J connectivity index is 1.80. The lowest BCUT2D eigenvalue weighted by molar-refractivity contribution is -0.116. The molecule has 0 fully saturated rings. The van der Waals surface area contributed by atoms with Crippen LogP contribution in [0.25, 0.3) is 6.08 Å². The lowest BCUT2D eigenvalue weighted by Crippen LogP contribution is -2.14. The molecule has 1 aromatic heterocycles. The van der Waals surface area contributed by atoms with Crippen LogP contribution in [0, 0.1) is 0 Å². The van der Waals surface area contributed by atoms with E-state index in [4.69, 9.17) is 0 Å². The summed E-state index contributed by atoms with van der Waals surface area (Å²) in [4.78, 5) is 15.0. The lowest BCUT2D eigenvalue weighted by Gasteiger charge is -2.11. The largest absolute Gasteiger partial charge is 0.362 e. The average molecular weight is 279 g/mol. The molecule has 21 heavy (non-hydrogen) atoms. The predicted octanol–water partition coefficient (Wildman–Crippen LogP) is 3.08. The van der Waals surface area contributed by atoms with Crippen molar-refractivity contribution in [2.45, 2.75) is 19.3 Å². The summed E-state index contributed by atoms with van der Waals surface area (Å²) in [6.45, 7) is 2.15. The Bertz CT molecular complexity index is 684. The summed E-state index contributed by atoms with van der Waals surface area (Å²) in [7, 11) is 0. The molecular formula is C17H17N3O. The van der Waals surface area contributed by atoms with E-state index in [1.54, 1.807) is 0 Å². The van der Waals surface area contributed by atoms with Gasteiger partial charge in [0.1, 0.15) is 0 Å². The first-order chi connectivity index (χ1) is 10.2. The molecule has 0 spiro atoms. The van der Waals surface area contributed by atoms with Crippen molar-refractivity contribution < 1.29 is 4.79 Å². The van der Waals surface area contributed by atoms with E-state index in [2.05, 4.69) is 34.6 Å². The molecule has 1 unspecified atom stereocenters. The third kappa shape index (κ3) is 2.94. The van der Waals surface area contributed by atoms with Crippen LogP contribution in [0.5, 0.6) is 0 Å². The summed E-state index contributed by atoms with van der Waals surface area (Å²) in [5.41, 5.74) is 6.16. The van der Waals surface area contributed by atoms with Gasteiger partial charge < -0.3 is 4.98 Å². The van der Waals surface area contributed by atoms with Gasteiger partial charge in [-0.25, -0.2) is 5.43 Å². The summed E-state index contributed by atoms with van der Waals surface area (Å²) in [6, 6.07) is 14.1. The number of hydrazone groups is 1. The number of aromatic amines is 1. The van der Waals surface area contributed by atoms with Crippen LogP contribution in [0.1, 0.15) is 30.5 Å². The maximum Gasteiger partial charge on any atom is 0.273 e. The molecule has 2 N–H and O–H groups in total. The van der Waals surface area contributed by atoms with Gasteiger partial charge in [-0.2, -0.15) is 5.10 Å². The topological polar surface area (TPSA) is 57.2 Å². The van der Waals surface area contributed by atoms with Crippen molar-refractivity contribution in [2.24, 2.45) is 5.10 Å². The zero-order valence-corrected chi connectivity index (χ0v) is 11.8. The first-order valence-electron chi connectivity index (χ1n) is 7.01. The Morgan fingerprint density at radius 3 is 2.71 bits per heavy atom. The van der Waals surface area contributed by atoms with Crippen LogP contribution < -0.4 is 5.43 Å². The Hall–Kier alpha value is -2.62.